The van der Waals surface area contributed by atoms with Crippen LogP contribution < -0.4 is 9.46 Å². The highest BCUT2D eigenvalue weighted by Crippen LogP contribution is 2.16. The van der Waals surface area contributed by atoms with E-state index in [0.717, 1.165) is 0 Å². The van der Waals surface area contributed by atoms with Gasteiger partial charge >= 0.3 is 0 Å². The highest BCUT2D eigenvalue weighted by atomic mass is 32.2. The van der Waals surface area contributed by atoms with Crippen LogP contribution in [0.15, 0.2) is 29.2 Å². The number of hydrogen-bond acceptors (Lipinski definition) is 5. The van der Waals surface area contributed by atoms with Crippen molar-refractivity contribution >= 4 is 27.7 Å². The van der Waals surface area contributed by atoms with Crippen LogP contribution in [0.2, 0.25) is 0 Å². The lowest BCUT2D eigenvalue weighted by Crippen LogP contribution is -2.35. The molecular formula is C12H17NO4S2. The number of benzene rings is 1. The summed E-state index contributed by atoms with van der Waals surface area (Å²) in [5.74, 6) is 0.0617. The zero-order valence-electron chi connectivity index (χ0n) is 11.0. The van der Waals surface area contributed by atoms with Crippen molar-refractivity contribution in [1.82, 2.24) is 4.72 Å². The van der Waals surface area contributed by atoms with Gasteiger partial charge in [-0.1, -0.05) is 0 Å². The summed E-state index contributed by atoms with van der Waals surface area (Å²) < 4.78 is 31.2. The second kappa shape index (κ2) is 6.81. The molecule has 106 valence electrons. The Hall–Kier alpha value is -1.21. The maximum atomic E-state index is 12.0. The van der Waals surface area contributed by atoms with Crippen LogP contribution in [-0.2, 0) is 14.8 Å². The van der Waals surface area contributed by atoms with E-state index in [2.05, 4.69) is 0 Å². The Balaban J connectivity index is 2.85. The smallest absolute Gasteiger partial charge is 0.264 e. The molecule has 1 unspecified atom stereocenters. The number of thioether (sulfide) groups is 1. The Bertz CT molecular complexity index is 525. The van der Waals surface area contributed by atoms with Crippen LogP contribution in [0.5, 0.6) is 5.75 Å². The van der Waals surface area contributed by atoms with Crippen molar-refractivity contribution in [3.05, 3.63) is 24.3 Å². The van der Waals surface area contributed by atoms with Crippen LogP contribution in [0.1, 0.15) is 13.8 Å². The quantitative estimate of drug-likeness (QED) is 0.865. The predicted octanol–water partition coefficient (Wildman–Crippen LogP) is 1.64. The molecule has 1 atom stereocenters. The van der Waals surface area contributed by atoms with Gasteiger partial charge in [0, 0.05) is 0 Å². The summed E-state index contributed by atoms with van der Waals surface area (Å²) in [6.07, 6.45) is 1.74. The zero-order valence-corrected chi connectivity index (χ0v) is 12.7. The second-order valence-electron chi connectivity index (χ2n) is 3.75. The molecule has 0 aliphatic rings. The Morgan fingerprint density at radius 1 is 1.37 bits per heavy atom. The summed E-state index contributed by atoms with van der Waals surface area (Å²) in [5, 5.41) is -0.419. The average molecular weight is 303 g/mol. The predicted molar refractivity (Wildman–Crippen MR) is 75.9 cm³/mol. The molecule has 7 heteroatoms. The molecule has 0 aliphatic heterocycles. The van der Waals surface area contributed by atoms with Gasteiger partial charge in [0.2, 0.25) is 5.91 Å². The number of sulfonamides is 1. The molecule has 0 fully saturated rings. The molecule has 19 heavy (non-hydrogen) atoms. The lowest BCUT2D eigenvalue weighted by molar-refractivity contribution is -0.118. The van der Waals surface area contributed by atoms with E-state index in [1.165, 1.54) is 23.9 Å². The van der Waals surface area contributed by atoms with Gasteiger partial charge in [-0.25, -0.2) is 13.1 Å². The Kier molecular flexibility index (Phi) is 5.68. The number of nitrogens with one attached hydrogen (secondary N) is 1. The van der Waals surface area contributed by atoms with E-state index in [0.29, 0.717) is 12.4 Å². The summed E-state index contributed by atoms with van der Waals surface area (Å²) in [6, 6.07) is 5.93. The van der Waals surface area contributed by atoms with Crippen molar-refractivity contribution in [3.8, 4) is 5.75 Å². The minimum Gasteiger partial charge on any atom is -0.494 e. The maximum Gasteiger partial charge on any atom is 0.264 e. The van der Waals surface area contributed by atoms with Crippen LogP contribution in [0.4, 0.5) is 0 Å². The van der Waals surface area contributed by atoms with Crippen molar-refractivity contribution in [2.24, 2.45) is 0 Å². The molecule has 0 bridgehead atoms. The summed E-state index contributed by atoms with van der Waals surface area (Å²) >= 11 is 1.28. The third kappa shape index (κ3) is 4.43. The summed E-state index contributed by atoms with van der Waals surface area (Å²) in [4.78, 5) is 11.6. The SMILES string of the molecule is CCOc1ccc(S(=O)(=O)NC(=O)C(C)SC)cc1. The number of carbonyl (C=O) groups is 1. The van der Waals surface area contributed by atoms with Gasteiger partial charge in [-0.05, 0) is 44.4 Å². The van der Waals surface area contributed by atoms with Gasteiger partial charge in [0.15, 0.2) is 0 Å². The van der Waals surface area contributed by atoms with Gasteiger partial charge < -0.3 is 4.74 Å². The molecule has 0 saturated carbocycles. The van der Waals surface area contributed by atoms with Crippen molar-refractivity contribution in [3.63, 3.8) is 0 Å². The minimum atomic E-state index is -3.81. The fraction of sp³-hybridized carbons (Fsp3) is 0.417. The van der Waals surface area contributed by atoms with Gasteiger partial charge in [0.25, 0.3) is 10.0 Å². The molecule has 0 saturated heterocycles. The molecule has 0 heterocycles. The fourth-order valence-corrected chi connectivity index (χ4v) is 2.66. The molecule has 1 aromatic rings. The summed E-state index contributed by atoms with van der Waals surface area (Å²) in [7, 11) is -3.81. The lowest BCUT2D eigenvalue weighted by Gasteiger charge is -2.11. The molecule has 1 rings (SSSR count). The van der Waals surface area contributed by atoms with E-state index in [1.807, 2.05) is 11.6 Å². The van der Waals surface area contributed by atoms with Gasteiger partial charge in [0.1, 0.15) is 5.75 Å². The van der Waals surface area contributed by atoms with Gasteiger partial charge in [-0.2, -0.15) is 11.8 Å². The number of rotatable bonds is 6. The van der Waals surface area contributed by atoms with Gasteiger partial charge in [-0.15, -0.1) is 0 Å². The molecular weight excluding hydrogens is 286 g/mol. The van der Waals surface area contributed by atoms with Gasteiger partial charge in [-0.3, -0.25) is 4.79 Å². The lowest BCUT2D eigenvalue weighted by atomic mass is 10.3. The number of carbonyl (C=O) groups excluding carboxylic acids is 1. The van der Waals surface area contributed by atoms with E-state index in [1.54, 1.807) is 25.3 Å². The Morgan fingerprint density at radius 2 is 1.95 bits per heavy atom. The molecule has 5 nitrogen and oxygen atoms in total. The normalized spacial score (nSPS) is 12.8. The molecule has 0 aliphatic carbocycles. The maximum absolute atomic E-state index is 12.0. The Morgan fingerprint density at radius 3 is 2.42 bits per heavy atom. The zero-order chi connectivity index (χ0) is 14.5. The average Bonchev–Trinajstić information content (AvgIpc) is 2.38. The first-order valence-electron chi connectivity index (χ1n) is 5.73. The van der Waals surface area contributed by atoms with Crippen molar-refractivity contribution in [2.45, 2.75) is 24.0 Å². The topological polar surface area (TPSA) is 72.5 Å². The standard InChI is InChI=1S/C12H17NO4S2/c1-4-17-10-5-7-11(8-6-10)19(15,16)13-12(14)9(2)18-3/h5-9H,4H2,1-3H3,(H,13,14). The van der Waals surface area contributed by atoms with Crippen molar-refractivity contribution in [2.75, 3.05) is 12.9 Å². The van der Waals surface area contributed by atoms with E-state index in [9.17, 15) is 13.2 Å². The highest BCUT2D eigenvalue weighted by Gasteiger charge is 2.21. The fourth-order valence-electron chi connectivity index (χ4n) is 1.26. The molecule has 1 N–H and O–H groups in total. The summed E-state index contributed by atoms with van der Waals surface area (Å²) in [6.45, 7) is 4.00. The molecule has 0 radical (unpaired) electrons. The van der Waals surface area contributed by atoms with E-state index >= 15 is 0 Å². The monoisotopic (exact) mass is 303 g/mol. The van der Waals surface area contributed by atoms with Crippen LogP contribution in [-0.4, -0.2) is 32.4 Å². The van der Waals surface area contributed by atoms with Gasteiger partial charge in [0.05, 0.1) is 16.8 Å². The second-order valence-corrected chi connectivity index (χ2v) is 6.61. The Labute approximate surface area is 117 Å². The first-order chi connectivity index (χ1) is 8.90. The third-order valence-electron chi connectivity index (χ3n) is 2.40. The van der Waals surface area contributed by atoms with E-state index in [-0.39, 0.29) is 4.90 Å². The molecule has 0 spiro atoms. The van der Waals surface area contributed by atoms with E-state index in [4.69, 9.17) is 4.74 Å². The van der Waals surface area contributed by atoms with E-state index < -0.39 is 21.2 Å². The molecule has 1 aromatic carbocycles. The highest BCUT2D eigenvalue weighted by molar-refractivity contribution is 8.00. The minimum absolute atomic E-state index is 0.0395. The third-order valence-corrected chi connectivity index (χ3v) is 4.69. The van der Waals surface area contributed by atoms with Crippen molar-refractivity contribution < 1.29 is 17.9 Å². The molecule has 1 amide bonds. The number of ether oxygens (including phenoxy) is 1. The van der Waals surface area contributed by atoms with Crippen LogP contribution >= 0.6 is 11.8 Å². The summed E-state index contributed by atoms with van der Waals surface area (Å²) in [5.41, 5.74) is 0. The molecule has 0 aromatic heterocycles. The number of amides is 1. The number of hydrogen-bond donors (Lipinski definition) is 1. The van der Waals surface area contributed by atoms with Crippen LogP contribution in [0.3, 0.4) is 0 Å². The largest absolute Gasteiger partial charge is 0.494 e. The first-order valence-corrected chi connectivity index (χ1v) is 8.50. The first kappa shape index (κ1) is 15.8. The van der Waals surface area contributed by atoms with Crippen molar-refractivity contribution in [1.29, 1.82) is 0 Å². The van der Waals surface area contributed by atoms with Crippen LogP contribution in [0, 0.1) is 0 Å². The van der Waals surface area contributed by atoms with Crippen LogP contribution in [0.25, 0.3) is 0 Å².